The molecule has 2 saturated carbocycles. The largest absolute Gasteiger partial charge is 0.497 e. The number of carbonyl (C=O) groups excluding carboxylic acids is 3. The monoisotopic (exact) mass is 514 g/mol. The molecule has 3 fully saturated rings. The minimum absolute atomic E-state index is 0.0145. The Labute approximate surface area is 199 Å². The third kappa shape index (κ3) is 3.64. The number of halogens is 1. The van der Waals surface area contributed by atoms with Gasteiger partial charge in [-0.3, -0.25) is 14.4 Å². The Morgan fingerprint density at radius 1 is 1.03 bits per heavy atom. The molecule has 3 aliphatic rings. The van der Waals surface area contributed by atoms with E-state index in [1.165, 1.54) is 7.11 Å². The van der Waals surface area contributed by atoms with Gasteiger partial charge in [-0.1, -0.05) is 15.9 Å². The van der Waals surface area contributed by atoms with Crippen molar-refractivity contribution in [2.75, 3.05) is 24.9 Å². The highest BCUT2D eigenvalue weighted by atomic mass is 79.9. The van der Waals surface area contributed by atoms with E-state index >= 15 is 0 Å². The van der Waals surface area contributed by atoms with Crippen LogP contribution in [0.25, 0.3) is 0 Å². The highest BCUT2D eigenvalue weighted by Gasteiger charge is 2.67. The SMILES string of the molecule is COc1ccc(OC)c(NC(=O)c2ccc(NC(=O)[C@@H]3[C@H]4C[C@H]5[C@H](OC(=O)[C@@H]53)[C@@H]4Br)cc2)c1. The molecule has 2 aromatic rings. The average molecular weight is 515 g/mol. The predicted molar refractivity (Wildman–Crippen MR) is 124 cm³/mol. The smallest absolute Gasteiger partial charge is 0.310 e. The van der Waals surface area contributed by atoms with Crippen LogP contribution in [0, 0.1) is 23.7 Å². The molecule has 9 heteroatoms. The Morgan fingerprint density at radius 2 is 1.79 bits per heavy atom. The van der Waals surface area contributed by atoms with Gasteiger partial charge in [-0.2, -0.15) is 0 Å². The van der Waals surface area contributed by atoms with E-state index in [0.717, 1.165) is 6.42 Å². The van der Waals surface area contributed by atoms with Gasteiger partial charge in [0.25, 0.3) is 5.91 Å². The molecule has 0 aromatic heterocycles. The van der Waals surface area contributed by atoms with Crippen molar-refractivity contribution in [2.24, 2.45) is 23.7 Å². The summed E-state index contributed by atoms with van der Waals surface area (Å²) in [6.45, 7) is 0. The molecule has 172 valence electrons. The molecule has 1 saturated heterocycles. The first-order chi connectivity index (χ1) is 15.9. The van der Waals surface area contributed by atoms with Crippen LogP contribution in [0.5, 0.6) is 11.5 Å². The molecular weight excluding hydrogens is 492 g/mol. The van der Waals surface area contributed by atoms with Crippen LogP contribution < -0.4 is 20.1 Å². The van der Waals surface area contributed by atoms with Crippen molar-refractivity contribution in [1.82, 2.24) is 0 Å². The number of amides is 2. The lowest BCUT2D eigenvalue weighted by Crippen LogP contribution is -2.40. The zero-order chi connectivity index (χ0) is 23.3. The van der Waals surface area contributed by atoms with Gasteiger partial charge < -0.3 is 24.8 Å². The van der Waals surface area contributed by atoms with E-state index in [1.807, 2.05) is 0 Å². The van der Waals surface area contributed by atoms with Crippen molar-refractivity contribution in [3.63, 3.8) is 0 Å². The van der Waals surface area contributed by atoms with Crippen molar-refractivity contribution < 1.29 is 28.6 Å². The van der Waals surface area contributed by atoms with Crippen LogP contribution in [-0.4, -0.2) is 42.9 Å². The minimum Gasteiger partial charge on any atom is -0.497 e. The number of ether oxygens (including phenoxy) is 3. The normalized spacial score (nSPS) is 28.9. The van der Waals surface area contributed by atoms with Gasteiger partial charge in [-0.05, 0) is 48.7 Å². The molecular formula is C24H23BrN2O6. The highest BCUT2D eigenvalue weighted by molar-refractivity contribution is 9.09. The minimum atomic E-state index is -0.408. The first kappa shape index (κ1) is 21.8. The van der Waals surface area contributed by atoms with Crippen LogP contribution in [0.4, 0.5) is 11.4 Å². The van der Waals surface area contributed by atoms with Crippen LogP contribution in [-0.2, 0) is 14.3 Å². The summed E-state index contributed by atoms with van der Waals surface area (Å²) in [5.74, 6) is -0.256. The Balaban J connectivity index is 1.26. The van der Waals surface area contributed by atoms with E-state index in [4.69, 9.17) is 14.2 Å². The summed E-state index contributed by atoms with van der Waals surface area (Å²) >= 11 is 3.62. The molecule has 0 unspecified atom stereocenters. The van der Waals surface area contributed by atoms with Gasteiger partial charge in [-0.25, -0.2) is 0 Å². The molecule has 1 aliphatic heterocycles. The second-order valence-corrected chi connectivity index (χ2v) is 9.61. The fourth-order valence-electron chi connectivity index (χ4n) is 5.37. The van der Waals surface area contributed by atoms with Gasteiger partial charge in [-0.15, -0.1) is 0 Å². The maximum atomic E-state index is 13.0. The van der Waals surface area contributed by atoms with E-state index < -0.39 is 5.92 Å². The number of carbonyl (C=O) groups is 3. The summed E-state index contributed by atoms with van der Waals surface area (Å²) in [6.07, 6.45) is 0.708. The summed E-state index contributed by atoms with van der Waals surface area (Å²) in [6, 6.07) is 11.7. The van der Waals surface area contributed by atoms with Gasteiger partial charge >= 0.3 is 5.97 Å². The summed E-state index contributed by atoms with van der Waals surface area (Å²) in [4.78, 5) is 38.0. The number of fused-ring (bicyclic) bond motifs is 1. The fraction of sp³-hybridized carbons (Fsp3) is 0.375. The van der Waals surface area contributed by atoms with Crippen LogP contribution in [0.2, 0.25) is 0 Å². The number of benzene rings is 2. The first-order valence-electron chi connectivity index (χ1n) is 10.7. The number of nitrogens with one attached hydrogen (secondary N) is 2. The Kier molecular flexibility index (Phi) is 5.52. The number of hydrogen-bond acceptors (Lipinski definition) is 6. The average Bonchev–Trinajstić information content (AvgIpc) is 3.43. The van der Waals surface area contributed by atoms with Crippen LogP contribution >= 0.6 is 15.9 Å². The van der Waals surface area contributed by atoms with Crippen LogP contribution in [0.15, 0.2) is 42.5 Å². The quantitative estimate of drug-likeness (QED) is 0.451. The Morgan fingerprint density at radius 3 is 2.48 bits per heavy atom. The van der Waals surface area contributed by atoms with Gasteiger partial charge in [0.15, 0.2) is 0 Å². The third-order valence-electron chi connectivity index (χ3n) is 6.90. The summed E-state index contributed by atoms with van der Waals surface area (Å²) in [7, 11) is 3.07. The first-order valence-corrected chi connectivity index (χ1v) is 11.6. The number of methoxy groups -OCH3 is 2. The van der Waals surface area contributed by atoms with Crippen molar-refractivity contribution in [1.29, 1.82) is 0 Å². The molecule has 8 nitrogen and oxygen atoms in total. The van der Waals surface area contributed by atoms with E-state index in [0.29, 0.717) is 28.4 Å². The zero-order valence-electron chi connectivity index (χ0n) is 18.0. The summed E-state index contributed by atoms with van der Waals surface area (Å²) in [5, 5.41) is 5.72. The van der Waals surface area contributed by atoms with Crippen LogP contribution in [0.1, 0.15) is 16.8 Å². The number of rotatable bonds is 6. The van der Waals surface area contributed by atoms with Gasteiger partial charge in [0.05, 0.1) is 36.6 Å². The van der Waals surface area contributed by atoms with Gasteiger partial charge in [0.2, 0.25) is 5.91 Å². The van der Waals surface area contributed by atoms with E-state index in [1.54, 1.807) is 49.6 Å². The van der Waals surface area contributed by atoms with Gasteiger partial charge in [0, 0.05) is 23.2 Å². The summed E-state index contributed by atoms with van der Waals surface area (Å²) < 4.78 is 16.0. The molecule has 5 rings (SSSR count). The molecule has 2 aromatic carbocycles. The van der Waals surface area contributed by atoms with Crippen molar-refractivity contribution in [3.8, 4) is 11.5 Å². The molecule has 33 heavy (non-hydrogen) atoms. The standard InChI is InChI=1S/C24H23BrN2O6/c1-31-13-7-8-17(32-2)16(9-13)27-22(28)11-3-5-12(6-4-11)26-23(29)18-14-10-15-19(18)24(30)33-21(15)20(14)25/h3-9,14-15,18-21H,10H2,1-2H3,(H,26,29)(H,27,28)/t14-,15-,18-,19+,20-,21+/m1/s1. The lowest BCUT2D eigenvalue weighted by molar-refractivity contribution is -0.145. The topological polar surface area (TPSA) is 103 Å². The molecule has 6 atom stereocenters. The highest BCUT2D eigenvalue weighted by Crippen LogP contribution is 2.60. The molecule has 2 bridgehead atoms. The molecule has 0 spiro atoms. The third-order valence-corrected chi connectivity index (χ3v) is 8.10. The number of hydrogen-bond donors (Lipinski definition) is 2. The molecule has 0 radical (unpaired) electrons. The fourth-order valence-corrected chi connectivity index (χ4v) is 6.41. The van der Waals surface area contributed by atoms with E-state index in [2.05, 4.69) is 26.6 Å². The van der Waals surface area contributed by atoms with Crippen molar-refractivity contribution in [3.05, 3.63) is 48.0 Å². The lowest BCUT2D eigenvalue weighted by atomic mass is 9.79. The van der Waals surface area contributed by atoms with Crippen molar-refractivity contribution >= 4 is 45.1 Å². The van der Waals surface area contributed by atoms with Gasteiger partial charge in [0.1, 0.15) is 17.6 Å². The maximum Gasteiger partial charge on any atom is 0.310 e. The van der Waals surface area contributed by atoms with E-state index in [-0.39, 0.29) is 46.5 Å². The Hall–Kier alpha value is -3.07. The molecule has 2 N–H and O–H groups in total. The molecule has 2 aliphatic carbocycles. The summed E-state index contributed by atoms with van der Waals surface area (Å²) in [5.41, 5.74) is 1.47. The Bertz CT molecular complexity index is 1120. The molecule has 1 heterocycles. The van der Waals surface area contributed by atoms with Crippen LogP contribution in [0.3, 0.4) is 0 Å². The van der Waals surface area contributed by atoms with Crippen molar-refractivity contribution in [2.45, 2.75) is 17.4 Å². The number of anilines is 2. The van der Waals surface area contributed by atoms with E-state index in [9.17, 15) is 14.4 Å². The maximum absolute atomic E-state index is 13.0. The predicted octanol–water partition coefficient (Wildman–Crippen LogP) is 3.47. The second-order valence-electron chi connectivity index (χ2n) is 8.55. The lowest BCUT2D eigenvalue weighted by Gasteiger charge is -2.27. The number of alkyl halides is 1. The second kappa shape index (κ2) is 8.37. The number of esters is 1. The zero-order valence-corrected chi connectivity index (χ0v) is 19.6. The molecule has 2 amide bonds.